The van der Waals surface area contributed by atoms with Crippen LogP contribution in [0.25, 0.3) is 0 Å². The van der Waals surface area contributed by atoms with Gasteiger partial charge in [-0.1, -0.05) is 0 Å². The number of hydrogen-bond acceptors (Lipinski definition) is 3. The number of hydrogen-bond donors (Lipinski definition) is 2. The minimum Gasteiger partial charge on any atom is -0.378 e. The van der Waals surface area contributed by atoms with Crippen LogP contribution >= 0.6 is 0 Å². The van der Waals surface area contributed by atoms with Crippen molar-refractivity contribution in [3.8, 4) is 0 Å². The molecule has 0 aromatic carbocycles. The van der Waals surface area contributed by atoms with Gasteiger partial charge in [-0.15, -0.1) is 0 Å². The van der Waals surface area contributed by atoms with Crippen LogP contribution in [0.4, 0.5) is 5.82 Å². The number of aromatic nitrogens is 2. The number of nitrogens with one attached hydrogen (secondary N) is 2. The van der Waals surface area contributed by atoms with E-state index in [1.807, 2.05) is 6.92 Å². The number of rotatable bonds is 5. The number of aromatic amines is 1. The third kappa shape index (κ3) is 2.82. The van der Waals surface area contributed by atoms with Gasteiger partial charge >= 0.3 is 0 Å². The van der Waals surface area contributed by atoms with Gasteiger partial charge in [0.2, 0.25) is 5.91 Å². The molecule has 2 rings (SSSR count). The fourth-order valence-electron chi connectivity index (χ4n) is 2.00. The molecule has 0 spiro atoms. The molecule has 1 aliphatic rings. The molecule has 5 heteroatoms. The minimum absolute atomic E-state index is 0.0456. The van der Waals surface area contributed by atoms with Crippen molar-refractivity contribution >= 4 is 11.7 Å². The van der Waals surface area contributed by atoms with Gasteiger partial charge < -0.3 is 10.1 Å². The molecule has 1 aromatic rings. The lowest BCUT2D eigenvalue weighted by molar-refractivity contribution is -0.119. The summed E-state index contributed by atoms with van der Waals surface area (Å²) in [5, 5.41) is 9.24. The SMILES string of the molecule is CCOC1CC(CC(=O)Nc2ccn[nH]2)C1. The molecule has 0 unspecified atom stereocenters. The molecule has 16 heavy (non-hydrogen) atoms. The highest BCUT2D eigenvalue weighted by Crippen LogP contribution is 2.32. The predicted molar refractivity (Wildman–Crippen MR) is 60.0 cm³/mol. The molecule has 1 aliphatic carbocycles. The normalized spacial score (nSPS) is 23.8. The second kappa shape index (κ2) is 5.12. The quantitative estimate of drug-likeness (QED) is 0.796. The van der Waals surface area contributed by atoms with Gasteiger partial charge in [0.1, 0.15) is 5.82 Å². The second-order valence-corrected chi connectivity index (χ2v) is 4.14. The minimum atomic E-state index is 0.0456. The standard InChI is InChI=1S/C11H17N3O2/c1-2-16-9-5-8(6-9)7-11(15)13-10-3-4-12-14-10/h3-4,8-9H,2,5-7H2,1H3,(H2,12,13,14,15). The molecule has 88 valence electrons. The Morgan fingerprint density at radius 3 is 3.12 bits per heavy atom. The Balaban J connectivity index is 1.66. The Hall–Kier alpha value is -1.36. The predicted octanol–water partition coefficient (Wildman–Crippen LogP) is 1.55. The summed E-state index contributed by atoms with van der Waals surface area (Å²) in [6.07, 6.45) is 4.57. The van der Waals surface area contributed by atoms with E-state index in [1.54, 1.807) is 12.3 Å². The molecule has 1 heterocycles. The first-order chi connectivity index (χ1) is 7.78. The average molecular weight is 223 g/mol. The van der Waals surface area contributed by atoms with E-state index < -0.39 is 0 Å². The number of H-pyrrole nitrogens is 1. The van der Waals surface area contributed by atoms with E-state index in [0.29, 0.717) is 24.3 Å². The van der Waals surface area contributed by atoms with E-state index in [1.165, 1.54) is 0 Å². The van der Waals surface area contributed by atoms with Gasteiger partial charge in [0, 0.05) is 19.1 Å². The highest BCUT2D eigenvalue weighted by Gasteiger charge is 2.30. The fourth-order valence-corrected chi connectivity index (χ4v) is 2.00. The first-order valence-corrected chi connectivity index (χ1v) is 5.68. The smallest absolute Gasteiger partial charge is 0.225 e. The third-order valence-electron chi connectivity index (χ3n) is 2.84. The summed E-state index contributed by atoms with van der Waals surface area (Å²) in [5.74, 6) is 1.18. The van der Waals surface area contributed by atoms with Crippen molar-refractivity contribution < 1.29 is 9.53 Å². The van der Waals surface area contributed by atoms with Gasteiger partial charge in [-0.2, -0.15) is 5.10 Å². The van der Waals surface area contributed by atoms with E-state index in [4.69, 9.17) is 4.74 Å². The number of carbonyl (C=O) groups excluding carboxylic acids is 1. The van der Waals surface area contributed by atoms with E-state index in [0.717, 1.165) is 19.4 Å². The zero-order valence-electron chi connectivity index (χ0n) is 9.40. The molecule has 5 nitrogen and oxygen atoms in total. The Kier molecular flexibility index (Phi) is 3.56. The zero-order valence-corrected chi connectivity index (χ0v) is 9.40. The summed E-state index contributed by atoms with van der Waals surface area (Å²) < 4.78 is 5.45. The first kappa shape index (κ1) is 11.1. The molecular weight excluding hydrogens is 206 g/mol. The van der Waals surface area contributed by atoms with Crippen molar-refractivity contribution in [3.63, 3.8) is 0 Å². The van der Waals surface area contributed by atoms with Crippen LogP contribution in [-0.4, -0.2) is 28.8 Å². The van der Waals surface area contributed by atoms with Crippen molar-refractivity contribution in [2.75, 3.05) is 11.9 Å². The third-order valence-corrected chi connectivity index (χ3v) is 2.84. The molecule has 0 bridgehead atoms. The van der Waals surface area contributed by atoms with Crippen LogP contribution in [0.5, 0.6) is 0 Å². The molecule has 1 fully saturated rings. The molecule has 1 saturated carbocycles. The molecule has 0 radical (unpaired) electrons. The van der Waals surface area contributed by atoms with Gasteiger partial charge in [0.25, 0.3) is 0 Å². The number of nitrogens with zero attached hydrogens (tertiary/aromatic N) is 1. The van der Waals surface area contributed by atoms with Crippen molar-refractivity contribution in [1.29, 1.82) is 0 Å². The molecule has 0 aliphatic heterocycles. The van der Waals surface area contributed by atoms with Crippen molar-refractivity contribution in [2.45, 2.75) is 32.3 Å². The Labute approximate surface area is 94.6 Å². The molecule has 1 amide bonds. The molecular formula is C11H17N3O2. The highest BCUT2D eigenvalue weighted by molar-refractivity contribution is 5.89. The topological polar surface area (TPSA) is 67.0 Å². The van der Waals surface area contributed by atoms with Crippen LogP contribution in [-0.2, 0) is 9.53 Å². The van der Waals surface area contributed by atoms with E-state index in [-0.39, 0.29) is 5.91 Å². The van der Waals surface area contributed by atoms with Crippen LogP contribution in [0, 0.1) is 5.92 Å². The largest absolute Gasteiger partial charge is 0.378 e. The number of carbonyl (C=O) groups is 1. The summed E-state index contributed by atoms with van der Waals surface area (Å²) in [6, 6.07) is 1.74. The van der Waals surface area contributed by atoms with Crippen LogP contribution in [0.3, 0.4) is 0 Å². The van der Waals surface area contributed by atoms with E-state index >= 15 is 0 Å². The average Bonchev–Trinajstić information content (AvgIpc) is 2.67. The Bertz CT molecular complexity index is 331. The molecule has 0 saturated heterocycles. The summed E-state index contributed by atoms with van der Waals surface area (Å²) in [6.45, 7) is 2.76. The summed E-state index contributed by atoms with van der Waals surface area (Å²) in [7, 11) is 0. The number of amides is 1. The van der Waals surface area contributed by atoms with Crippen molar-refractivity contribution in [1.82, 2.24) is 10.2 Å². The second-order valence-electron chi connectivity index (χ2n) is 4.14. The molecule has 0 atom stereocenters. The van der Waals surface area contributed by atoms with Gasteiger partial charge in [0.05, 0.1) is 12.3 Å². The van der Waals surface area contributed by atoms with Crippen LogP contribution in [0.2, 0.25) is 0 Å². The lowest BCUT2D eigenvalue weighted by Gasteiger charge is -2.34. The van der Waals surface area contributed by atoms with Gasteiger partial charge in [0.15, 0.2) is 0 Å². The maximum Gasteiger partial charge on any atom is 0.225 e. The van der Waals surface area contributed by atoms with E-state index in [9.17, 15) is 4.79 Å². The maximum absolute atomic E-state index is 11.6. The van der Waals surface area contributed by atoms with Crippen LogP contribution in [0.1, 0.15) is 26.2 Å². The lowest BCUT2D eigenvalue weighted by Crippen LogP contribution is -2.33. The van der Waals surface area contributed by atoms with Gasteiger partial charge in [-0.25, -0.2) is 0 Å². The first-order valence-electron chi connectivity index (χ1n) is 5.68. The summed E-state index contributed by atoms with van der Waals surface area (Å²) in [5.41, 5.74) is 0. The number of ether oxygens (including phenoxy) is 1. The molecule has 2 N–H and O–H groups in total. The molecule has 1 aromatic heterocycles. The summed E-state index contributed by atoms with van der Waals surface area (Å²) >= 11 is 0. The zero-order chi connectivity index (χ0) is 11.4. The van der Waals surface area contributed by atoms with Gasteiger partial charge in [-0.3, -0.25) is 9.89 Å². The maximum atomic E-state index is 11.6. The van der Waals surface area contributed by atoms with Crippen molar-refractivity contribution in [3.05, 3.63) is 12.3 Å². The number of anilines is 1. The highest BCUT2D eigenvalue weighted by atomic mass is 16.5. The Morgan fingerprint density at radius 1 is 1.69 bits per heavy atom. The lowest BCUT2D eigenvalue weighted by atomic mass is 9.80. The fraction of sp³-hybridized carbons (Fsp3) is 0.636. The Morgan fingerprint density at radius 2 is 2.50 bits per heavy atom. The monoisotopic (exact) mass is 223 g/mol. The van der Waals surface area contributed by atoms with Crippen LogP contribution in [0.15, 0.2) is 12.3 Å². The van der Waals surface area contributed by atoms with Crippen LogP contribution < -0.4 is 5.32 Å². The van der Waals surface area contributed by atoms with E-state index in [2.05, 4.69) is 15.5 Å². The van der Waals surface area contributed by atoms with Gasteiger partial charge in [-0.05, 0) is 25.7 Å². The summed E-state index contributed by atoms with van der Waals surface area (Å²) in [4.78, 5) is 11.6. The van der Waals surface area contributed by atoms with Crippen molar-refractivity contribution in [2.24, 2.45) is 5.92 Å².